The van der Waals surface area contributed by atoms with Gasteiger partial charge in [-0.3, -0.25) is 0 Å². The highest BCUT2D eigenvalue weighted by atomic mass is 15.2. The topological polar surface area (TPSA) is 68.2 Å². The highest BCUT2D eigenvalue weighted by Crippen LogP contribution is 2.37. The van der Waals surface area contributed by atoms with Crippen LogP contribution in [-0.4, -0.2) is 27.7 Å². The first kappa shape index (κ1) is 11.5. The Morgan fingerprint density at radius 2 is 2.17 bits per heavy atom. The van der Waals surface area contributed by atoms with Crippen LogP contribution in [0.15, 0.2) is 24.7 Å². The highest BCUT2D eigenvalue weighted by molar-refractivity contribution is 5.66. The van der Waals surface area contributed by atoms with E-state index in [4.69, 9.17) is 5.73 Å². The summed E-state index contributed by atoms with van der Waals surface area (Å²) in [5, 5.41) is 7.66. The number of hydrogen-bond donors (Lipinski definition) is 2. The molecular weight excluding hydrogens is 226 g/mol. The van der Waals surface area contributed by atoms with Crippen LogP contribution >= 0.6 is 0 Å². The molecule has 2 heterocycles. The van der Waals surface area contributed by atoms with Crippen molar-refractivity contribution in [3.8, 4) is 0 Å². The van der Waals surface area contributed by atoms with Crippen LogP contribution in [0.25, 0.3) is 5.52 Å². The Morgan fingerprint density at radius 3 is 2.94 bits per heavy atom. The summed E-state index contributed by atoms with van der Waals surface area (Å²) in [5.41, 5.74) is 7.22. The van der Waals surface area contributed by atoms with Gasteiger partial charge in [-0.25, -0.2) is 9.50 Å². The molecule has 0 aliphatic heterocycles. The van der Waals surface area contributed by atoms with E-state index in [0.29, 0.717) is 0 Å². The largest absolute Gasteiger partial charge is 0.368 e. The number of fused-ring (bicyclic) bond motifs is 1. The number of anilines is 1. The molecule has 1 fully saturated rings. The summed E-state index contributed by atoms with van der Waals surface area (Å²) in [6.07, 6.45) is 10.4. The fourth-order valence-electron chi connectivity index (χ4n) is 2.84. The van der Waals surface area contributed by atoms with Crippen LogP contribution in [-0.2, 0) is 0 Å². The maximum atomic E-state index is 5.95. The second-order valence-corrected chi connectivity index (χ2v) is 5.20. The van der Waals surface area contributed by atoms with Gasteiger partial charge in [-0.05, 0) is 30.9 Å². The second kappa shape index (κ2) is 4.57. The van der Waals surface area contributed by atoms with Crippen LogP contribution in [0.4, 0.5) is 5.82 Å². The first-order valence-electron chi connectivity index (χ1n) is 6.55. The molecule has 0 atom stereocenters. The molecule has 2 aromatic heterocycles. The standard InChI is InChI=1S/C13H19N5/c14-9-13(4-1-2-5-13)10-16-12-11-3-6-17-18(11)8-7-15-12/h3,6-8H,1-2,4-5,9-10,14H2,(H,15,16). The number of nitrogens with zero attached hydrogens (tertiary/aromatic N) is 3. The van der Waals surface area contributed by atoms with Crippen LogP contribution in [0.1, 0.15) is 25.7 Å². The zero-order valence-corrected chi connectivity index (χ0v) is 10.5. The monoisotopic (exact) mass is 245 g/mol. The Balaban J connectivity index is 1.78. The van der Waals surface area contributed by atoms with E-state index in [2.05, 4.69) is 15.4 Å². The molecule has 0 saturated heterocycles. The lowest BCUT2D eigenvalue weighted by Gasteiger charge is -2.27. The Hall–Kier alpha value is -1.62. The maximum absolute atomic E-state index is 5.95. The summed E-state index contributed by atoms with van der Waals surface area (Å²) in [7, 11) is 0. The Labute approximate surface area is 106 Å². The van der Waals surface area contributed by atoms with Crippen molar-refractivity contribution < 1.29 is 0 Å². The average Bonchev–Trinajstić information content (AvgIpc) is 3.06. The smallest absolute Gasteiger partial charge is 0.152 e. The Morgan fingerprint density at radius 1 is 1.33 bits per heavy atom. The highest BCUT2D eigenvalue weighted by Gasteiger charge is 2.32. The van der Waals surface area contributed by atoms with Crippen molar-refractivity contribution in [2.75, 3.05) is 18.4 Å². The minimum atomic E-state index is 0.258. The predicted octanol–water partition coefficient (Wildman–Crippen LogP) is 1.66. The molecule has 5 heteroatoms. The SMILES string of the molecule is NCC1(CNc2nccn3nccc23)CCCC1. The van der Waals surface area contributed by atoms with Crippen molar-refractivity contribution in [3.63, 3.8) is 0 Å². The van der Waals surface area contributed by atoms with E-state index < -0.39 is 0 Å². The van der Waals surface area contributed by atoms with Crippen molar-refractivity contribution in [3.05, 3.63) is 24.7 Å². The lowest BCUT2D eigenvalue weighted by atomic mass is 9.86. The molecule has 0 amide bonds. The summed E-state index contributed by atoms with van der Waals surface area (Å²) in [6.45, 7) is 1.66. The van der Waals surface area contributed by atoms with E-state index >= 15 is 0 Å². The van der Waals surface area contributed by atoms with Gasteiger partial charge in [0, 0.05) is 18.9 Å². The third-order valence-corrected chi connectivity index (χ3v) is 4.05. The van der Waals surface area contributed by atoms with Crippen molar-refractivity contribution in [2.24, 2.45) is 11.1 Å². The summed E-state index contributed by atoms with van der Waals surface area (Å²) in [5.74, 6) is 0.898. The minimum absolute atomic E-state index is 0.258. The van der Waals surface area contributed by atoms with Crippen LogP contribution in [0, 0.1) is 5.41 Å². The fraction of sp³-hybridized carbons (Fsp3) is 0.538. The van der Waals surface area contributed by atoms with Gasteiger partial charge in [0.05, 0.1) is 6.20 Å². The van der Waals surface area contributed by atoms with Gasteiger partial charge < -0.3 is 11.1 Å². The Kier molecular flexibility index (Phi) is 2.91. The quantitative estimate of drug-likeness (QED) is 0.859. The van der Waals surface area contributed by atoms with E-state index in [9.17, 15) is 0 Å². The van der Waals surface area contributed by atoms with Gasteiger partial charge in [-0.2, -0.15) is 5.10 Å². The van der Waals surface area contributed by atoms with Crippen LogP contribution in [0.3, 0.4) is 0 Å². The van der Waals surface area contributed by atoms with Crippen LogP contribution in [0.2, 0.25) is 0 Å². The van der Waals surface area contributed by atoms with Gasteiger partial charge in [0.15, 0.2) is 5.82 Å². The Bertz CT molecular complexity index is 527. The van der Waals surface area contributed by atoms with Gasteiger partial charge in [0.1, 0.15) is 5.52 Å². The molecule has 3 rings (SSSR count). The van der Waals surface area contributed by atoms with E-state index in [0.717, 1.165) is 24.4 Å². The van der Waals surface area contributed by atoms with E-state index in [-0.39, 0.29) is 5.41 Å². The number of rotatable bonds is 4. The summed E-state index contributed by atoms with van der Waals surface area (Å²) in [6, 6.07) is 1.97. The average molecular weight is 245 g/mol. The van der Waals surface area contributed by atoms with Gasteiger partial charge in [0.2, 0.25) is 0 Å². The lowest BCUT2D eigenvalue weighted by Crippen LogP contribution is -2.34. The molecule has 3 N–H and O–H groups in total. The number of aromatic nitrogens is 3. The lowest BCUT2D eigenvalue weighted by molar-refractivity contribution is 0.332. The minimum Gasteiger partial charge on any atom is -0.368 e. The molecule has 0 spiro atoms. The zero-order valence-electron chi connectivity index (χ0n) is 10.5. The summed E-state index contributed by atoms with van der Waals surface area (Å²) >= 11 is 0. The number of nitrogens with one attached hydrogen (secondary N) is 1. The molecule has 0 unspecified atom stereocenters. The first-order chi connectivity index (χ1) is 8.83. The molecule has 1 aliphatic rings. The normalized spacial score (nSPS) is 18.3. The summed E-state index contributed by atoms with van der Waals surface area (Å²) < 4.78 is 1.83. The van der Waals surface area contributed by atoms with Gasteiger partial charge >= 0.3 is 0 Å². The molecule has 1 aliphatic carbocycles. The van der Waals surface area contributed by atoms with Crippen molar-refractivity contribution >= 4 is 11.3 Å². The molecule has 96 valence electrons. The molecule has 1 saturated carbocycles. The third-order valence-electron chi connectivity index (χ3n) is 4.05. The molecule has 5 nitrogen and oxygen atoms in total. The maximum Gasteiger partial charge on any atom is 0.152 e. The van der Waals surface area contributed by atoms with Crippen LogP contribution < -0.4 is 11.1 Å². The number of nitrogens with two attached hydrogens (primary N) is 1. The fourth-order valence-corrected chi connectivity index (χ4v) is 2.84. The van der Waals surface area contributed by atoms with E-state index in [1.807, 2.05) is 16.8 Å². The zero-order chi connectivity index (χ0) is 12.4. The van der Waals surface area contributed by atoms with Crippen molar-refractivity contribution in [2.45, 2.75) is 25.7 Å². The number of hydrogen-bond acceptors (Lipinski definition) is 4. The van der Waals surface area contributed by atoms with Crippen molar-refractivity contribution in [1.82, 2.24) is 14.6 Å². The molecule has 2 aromatic rings. The summed E-state index contributed by atoms with van der Waals surface area (Å²) in [4.78, 5) is 4.39. The molecular formula is C13H19N5. The molecule has 18 heavy (non-hydrogen) atoms. The van der Waals surface area contributed by atoms with Crippen LogP contribution in [0.5, 0.6) is 0 Å². The first-order valence-corrected chi connectivity index (χ1v) is 6.55. The van der Waals surface area contributed by atoms with Gasteiger partial charge in [-0.1, -0.05) is 12.8 Å². The molecule has 0 radical (unpaired) electrons. The second-order valence-electron chi connectivity index (χ2n) is 5.20. The van der Waals surface area contributed by atoms with E-state index in [1.165, 1.54) is 25.7 Å². The third kappa shape index (κ3) is 1.95. The molecule has 0 bridgehead atoms. The van der Waals surface area contributed by atoms with Gasteiger partial charge in [0.25, 0.3) is 0 Å². The molecule has 0 aromatic carbocycles. The van der Waals surface area contributed by atoms with Crippen molar-refractivity contribution in [1.29, 1.82) is 0 Å². The van der Waals surface area contributed by atoms with Gasteiger partial charge in [-0.15, -0.1) is 0 Å². The predicted molar refractivity (Wildman–Crippen MR) is 71.4 cm³/mol. The van der Waals surface area contributed by atoms with E-state index in [1.54, 1.807) is 12.4 Å².